The van der Waals surface area contributed by atoms with Gasteiger partial charge in [0, 0.05) is 6.07 Å². The molecule has 1 aromatic rings. The normalized spacial score (nSPS) is 12.2. The zero-order valence-electron chi connectivity index (χ0n) is 7.85. The van der Waals surface area contributed by atoms with Crippen molar-refractivity contribution in [2.75, 3.05) is 7.11 Å². The Balaban J connectivity index is 2.89. The Morgan fingerprint density at radius 2 is 1.94 bits per heavy atom. The summed E-state index contributed by atoms with van der Waals surface area (Å²) in [6, 6.07) is 2.16. The summed E-state index contributed by atoms with van der Waals surface area (Å²) in [5.74, 6) is -0.421. The second kappa shape index (κ2) is 4.16. The van der Waals surface area contributed by atoms with Gasteiger partial charge in [-0.05, 0) is 6.07 Å². The van der Waals surface area contributed by atoms with E-state index in [4.69, 9.17) is 0 Å². The molecule has 1 aromatic heterocycles. The van der Waals surface area contributed by atoms with Crippen LogP contribution in [0.25, 0.3) is 0 Å². The fourth-order valence-electron chi connectivity index (χ4n) is 0.711. The van der Waals surface area contributed by atoms with Gasteiger partial charge in [0.05, 0.1) is 13.3 Å². The van der Waals surface area contributed by atoms with Crippen molar-refractivity contribution in [3.63, 3.8) is 0 Å². The number of halogens is 3. The Labute approximate surface area is 88.9 Å². The van der Waals surface area contributed by atoms with Gasteiger partial charge in [0.1, 0.15) is 0 Å². The first-order chi connectivity index (χ1) is 7.26. The van der Waals surface area contributed by atoms with Gasteiger partial charge < -0.3 is 8.92 Å². The summed E-state index contributed by atoms with van der Waals surface area (Å²) >= 11 is 0. The summed E-state index contributed by atoms with van der Waals surface area (Å²) in [7, 11) is -4.35. The van der Waals surface area contributed by atoms with E-state index in [1.807, 2.05) is 0 Å². The second-order valence-corrected chi connectivity index (χ2v) is 4.06. The molecule has 0 aliphatic carbocycles. The highest BCUT2D eigenvalue weighted by Crippen LogP contribution is 2.26. The Kier molecular flexibility index (Phi) is 3.27. The Morgan fingerprint density at radius 1 is 1.31 bits per heavy atom. The van der Waals surface area contributed by atoms with Gasteiger partial charge in [-0.15, -0.1) is 0 Å². The smallest absolute Gasteiger partial charge is 0.481 e. The zero-order valence-corrected chi connectivity index (χ0v) is 8.67. The maximum atomic E-state index is 11.9. The molecule has 0 unspecified atom stereocenters. The molecular weight excluding hydrogens is 251 g/mol. The Morgan fingerprint density at radius 3 is 2.31 bits per heavy atom. The fraction of sp³-hybridized carbons (Fsp3) is 0.286. The van der Waals surface area contributed by atoms with Crippen LogP contribution in [-0.4, -0.2) is 26.0 Å². The molecule has 16 heavy (non-hydrogen) atoms. The van der Waals surface area contributed by atoms with Crippen LogP contribution < -0.4 is 8.92 Å². The number of pyridine rings is 1. The number of hydrogen-bond donors (Lipinski definition) is 0. The molecular formula is C7H6F3NO4S. The number of methoxy groups -OCH3 is 1. The lowest BCUT2D eigenvalue weighted by Gasteiger charge is -2.08. The van der Waals surface area contributed by atoms with E-state index in [1.54, 1.807) is 0 Å². The summed E-state index contributed by atoms with van der Waals surface area (Å²) in [5.41, 5.74) is -5.47. The molecule has 0 aromatic carbocycles. The molecule has 90 valence electrons. The molecule has 0 saturated carbocycles. The van der Waals surface area contributed by atoms with E-state index >= 15 is 0 Å². The molecule has 0 saturated heterocycles. The van der Waals surface area contributed by atoms with Gasteiger partial charge in [-0.25, -0.2) is 4.98 Å². The lowest BCUT2D eigenvalue weighted by atomic mass is 10.4. The standard InChI is InChI=1S/C7H6F3NO4S/c1-14-6-3-2-5(4-11-6)15-16(12,13)7(8,9)10/h2-4H,1H3. The van der Waals surface area contributed by atoms with E-state index in [0.717, 1.165) is 12.3 Å². The van der Waals surface area contributed by atoms with Crippen molar-refractivity contribution in [3.8, 4) is 11.6 Å². The third-order valence-corrected chi connectivity index (χ3v) is 2.39. The predicted molar refractivity (Wildman–Crippen MR) is 46.4 cm³/mol. The van der Waals surface area contributed by atoms with E-state index in [-0.39, 0.29) is 5.88 Å². The summed E-state index contributed by atoms with van der Waals surface area (Å²) in [5, 5.41) is 0. The summed E-state index contributed by atoms with van der Waals surface area (Å²) in [6.07, 6.45) is 0.808. The molecule has 0 radical (unpaired) electrons. The highest BCUT2D eigenvalue weighted by atomic mass is 32.2. The predicted octanol–water partition coefficient (Wildman–Crippen LogP) is 1.32. The van der Waals surface area contributed by atoms with E-state index in [0.29, 0.717) is 0 Å². The van der Waals surface area contributed by atoms with Crippen LogP contribution in [0.15, 0.2) is 18.3 Å². The van der Waals surface area contributed by atoms with Crippen LogP contribution in [0.1, 0.15) is 0 Å². The Bertz CT molecular complexity index is 454. The molecule has 0 bridgehead atoms. The van der Waals surface area contributed by atoms with Gasteiger partial charge in [0.15, 0.2) is 5.75 Å². The SMILES string of the molecule is COc1ccc(OS(=O)(=O)C(F)(F)F)cn1. The van der Waals surface area contributed by atoms with Crippen LogP contribution in [0, 0.1) is 0 Å². The molecule has 0 N–H and O–H groups in total. The molecule has 0 amide bonds. The molecule has 0 aliphatic heterocycles. The van der Waals surface area contributed by atoms with Crippen molar-refractivity contribution >= 4 is 10.1 Å². The van der Waals surface area contributed by atoms with Crippen LogP contribution in [0.2, 0.25) is 0 Å². The molecule has 0 aliphatic rings. The van der Waals surface area contributed by atoms with Crippen LogP contribution in [0.5, 0.6) is 11.6 Å². The van der Waals surface area contributed by atoms with Crippen molar-refractivity contribution in [3.05, 3.63) is 18.3 Å². The number of ether oxygens (including phenoxy) is 1. The summed E-state index contributed by atoms with van der Waals surface area (Å²) < 4.78 is 65.3. The van der Waals surface area contributed by atoms with Crippen molar-refractivity contribution in [1.82, 2.24) is 4.98 Å². The average Bonchev–Trinajstić information content (AvgIpc) is 2.16. The van der Waals surface area contributed by atoms with E-state index < -0.39 is 21.4 Å². The molecule has 0 atom stereocenters. The first kappa shape index (κ1) is 12.6. The van der Waals surface area contributed by atoms with Crippen LogP contribution in [0.4, 0.5) is 13.2 Å². The van der Waals surface area contributed by atoms with E-state index in [9.17, 15) is 21.6 Å². The molecule has 0 spiro atoms. The summed E-state index contributed by atoms with van der Waals surface area (Å²) in [4.78, 5) is 3.48. The van der Waals surface area contributed by atoms with Crippen LogP contribution in [0.3, 0.4) is 0 Å². The minimum Gasteiger partial charge on any atom is -0.481 e. The average molecular weight is 257 g/mol. The minimum atomic E-state index is -5.65. The molecule has 0 fully saturated rings. The number of hydrogen-bond acceptors (Lipinski definition) is 5. The maximum Gasteiger partial charge on any atom is 0.534 e. The van der Waals surface area contributed by atoms with Crippen molar-refractivity contribution in [2.45, 2.75) is 5.51 Å². The van der Waals surface area contributed by atoms with Gasteiger partial charge in [-0.2, -0.15) is 21.6 Å². The lowest BCUT2D eigenvalue weighted by molar-refractivity contribution is -0.0500. The largest absolute Gasteiger partial charge is 0.534 e. The van der Waals surface area contributed by atoms with Crippen LogP contribution >= 0.6 is 0 Å². The van der Waals surface area contributed by atoms with Crippen molar-refractivity contribution < 1.29 is 30.5 Å². The van der Waals surface area contributed by atoms with Gasteiger partial charge in [-0.3, -0.25) is 0 Å². The maximum absolute atomic E-state index is 11.9. The molecule has 5 nitrogen and oxygen atoms in total. The number of rotatable bonds is 3. The van der Waals surface area contributed by atoms with Crippen molar-refractivity contribution in [2.24, 2.45) is 0 Å². The molecule has 1 rings (SSSR count). The third-order valence-electron chi connectivity index (χ3n) is 1.41. The minimum absolute atomic E-state index is 0.122. The lowest BCUT2D eigenvalue weighted by Crippen LogP contribution is -2.28. The first-order valence-electron chi connectivity index (χ1n) is 3.77. The number of nitrogens with zero attached hydrogens (tertiary/aromatic N) is 1. The number of alkyl halides is 3. The van der Waals surface area contributed by atoms with Gasteiger partial charge >= 0.3 is 15.6 Å². The fourth-order valence-corrected chi connectivity index (χ4v) is 1.16. The molecule has 9 heteroatoms. The molecule has 1 heterocycles. The third kappa shape index (κ3) is 2.75. The van der Waals surface area contributed by atoms with E-state index in [2.05, 4.69) is 13.9 Å². The monoisotopic (exact) mass is 257 g/mol. The van der Waals surface area contributed by atoms with E-state index in [1.165, 1.54) is 13.2 Å². The highest BCUT2D eigenvalue weighted by molar-refractivity contribution is 7.87. The van der Waals surface area contributed by atoms with Crippen LogP contribution in [-0.2, 0) is 10.1 Å². The quantitative estimate of drug-likeness (QED) is 0.603. The highest BCUT2D eigenvalue weighted by Gasteiger charge is 2.48. The number of aromatic nitrogens is 1. The first-order valence-corrected chi connectivity index (χ1v) is 5.18. The topological polar surface area (TPSA) is 65.5 Å². The zero-order chi connectivity index (χ0) is 12.4. The Hall–Kier alpha value is -1.51. The van der Waals surface area contributed by atoms with Gasteiger partial charge in [0.2, 0.25) is 5.88 Å². The second-order valence-electron chi connectivity index (χ2n) is 2.52. The summed E-state index contributed by atoms with van der Waals surface area (Å²) in [6.45, 7) is 0. The van der Waals surface area contributed by atoms with Crippen molar-refractivity contribution in [1.29, 1.82) is 0 Å². The van der Waals surface area contributed by atoms with Gasteiger partial charge in [-0.1, -0.05) is 0 Å². The van der Waals surface area contributed by atoms with Gasteiger partial charge in [0.25, 0.3) is 0 Å².